The predicted molar refractivity (Wildman–Crippen MR) is 58.1 cm³/mol. The summed E-state index contributed by atoms with van der Waals surface area (Å²) in [5.41, 5.74) is -0.0644. The Balaban J connectivity index is 3.20. The molecule has 0 aliphatic heterocycles. The minimum Gasteiger partial charge on any atom is -0.492 e. The van der Waals surface area contributed by atoms with Crippen molar-refractivity contribution in [2.24, 2.45) is 0 Å². The number of nitro groups is 1. The average Bonchev–Trinajstić information content (AvgIpc) is 2.28. The monoisotopic (exact) mass is 224 g/mol. The van der Waals surface area contributed by atoms with Crippen LogP contribution in [0.25, 0.3) is 5.76 Å². The first kappa shape index (κ1) is 12.0. The molecule has 0 aliphatic rings. The molecule has 6 nitrogen and oxygen atoms in total. The van der Waals surface area contributed by atoms with Crippen molar-refractivity contribution in [2.75, 3.05) is 13.7 Å². The standard InChI is InChI=1S/C10H12N2O4/c1-4-16-7(2)10-8(12(13)14)5-6-9(11-10)15-3/h5-6H,2,4H2,1,3H3. The lowest BCUT2D eigenvalue weighted by Crippen LogP contribution is -2.01. The molecule has 6 heteroatoms. The number of hydrogen-bond acceptors (Lipinski definition) is 5. The Labute approximate surface area is 92.7 Å². The van der Waals surface area contributed by atoms with Crippen molar-refractivity contribution < 1.29 is 14.4 Å². The zero-order valence-electron chi connectivity index (χ0n) is 9.10. The molecule has 0 bridgehead atoms. The van der Waals surface area contributed by atoms with Crippen LogP contribution in [0.5, 0.6) is 5.88 Å². The lowest BCUT2D eigenvalue weighted by Gasteiger charge is -2.07. The summed E-state index contributed by atoms with van der Waals surface area (Å²) in [6.07, 6.45) is 0. The molecule has 0 aromatic carbocycles. The van der Waals surface area contributed by atoms with Crippen molar-refractivity contribution in [3.05, 3.63) is 34.5 Å². The van der Waals surface area contributed by atoms with Gasteiger partial charge in [-0.1, -0.05) is 6.58 Å². The molecule has 0 spiro atoms. The van der Waals surface area contributed by atoms with Crippen molar-refractivity contribution in [1.82, 2.24) is 4.98 Å². The van der Waals surface area contributed by atoms with Crippen LogP contribution < -0.4 is 4.74 Å². The molecule has 0 N–H and O–H groups in total. The molecule has 0 saturated heterocycles. The third kappa shape index (κ3) is 2.47. The largest absolute Gasteiger partial charge is 0.492 e. The van der Waals surface area contributed by atoms with E-state index in [1.807, 2.05) is 0 Å². The van der Waals surface area contributed by atoms with Crippen LogP contribution in [-0.4, -0.2) is 23.6 Å². The number of hydrogen-bond donors (Lipinski definition) is 0. The number of nitrogens with zero attached hydrogens (tertiary/aromatic N) is 2. The predicted octanol–water partition coefficient (Wildman–Crippen LogP) is 2.01. The fraction of sp³-hybridized carbons (Fsp3) is 0.300. The first-order valence-corrected chi connectivity index (χ1v) is 4.61. The van der Waals surface area contributed by atoms with Crippen molar-refractivity contribution in [3.63, 3.8) is 0 Å². The Kier molecular flexibility index (Phi) is 3.82. The molecular formula is C10H12N2O4. The lowest BCUT2D eigenvalue weighted by atomic mass is 10.2. The zero-order valence-corrected chi connectivity index (χ0v) is 9.10. The van der Waals surface area contributed by atoms with E-state index in [2.05, 4.69) is 11.6 Å². The van der Waals surface area contributed by atoms with Gasteiger partial charge < -0.3 is 9.47 Å². The summed E-state index contributed by atoms with van der Waals surface area (Å²) in [5, 5.41) is 10.8. The summed E-state index contributed by atoms with van der Waals surface area (Å²) in [6.45, 7) is 5.72. The van der Waals surface area contributed by atoms with E-state index < -0.39 is 4.92 Å². The maximum atomic E-state index is 10.8. The number of rotatable bonds is 5. The molecule has 1 aromatic heterocycles. The molecule has 86 valence electrons. The van der Waals surface area contributed by atoms with E-state index >= 15 is 0 Å². The highest BCUT2D eigenvalue weighted by atomic mass is 16.6. The Bertz CT molecular complexity index is 417. The van der Waals surface area contributed by atoms with Gasteiger partial charge in [-0.2, -0.15) is 0 Å². The van der Waals surface area contributed by atoms with Gasteiger partial charge in [0.1, 0.15) is 5.76 Å². The third-order valence-corrected chi connectivity index (χ3v) is 1.84. The van der Waals surface area contributed by atoms with Crippen LogP contribution in [0.4, 0.5) is 5.69 Å². The number of methoxy groups -OCH3 is 1. The van der Waals surface area contributed by atoms with E-state index in [9.17, 15) is 10.1 Å². The fourth-order valence-electron chi connectivity index (χ4n) is 1.14. The van der Waals surface area contributed by atoms with Gasteiger partial charge in [-0.05, 0) is 6.92 Å². The molecule has 0 amide bonds. The van der Waals surface area contributed by atoms with Gasteiger partial charge in [-0.3, -0.25) is 10.1 Å². The molecule has 0 fully saturated rings. The quantitative estimate of drug-likeness (QED) is 0.434. The second-order valence-electron chi connectivity index (χ2n) is 2.83. The molecular weight excluding hydrogens is 212 g/mol. The van der Waals surface area contributed by atoms with Crippen molar-refractivity contribution >= 4 is 11.4 Å². The third-order valence-electron chi connectivity index (χ3n) is 1.84. The molecule has 1 aromatic rings. The Morgan fingerprint density at radius 2 is 2.31 bits per heavy atom. The summed E-state index contributed by atoms with van der Waals surface area (Å²) in [5.74, 6) is 0.439. The highest BCUT2D eigenvalue weighted by Gasteiger charge is 2.19. The zero-order chi connectivity index (χ0) is 12.1. The van der Waals surface area contributed by atoms with Gasteiger partial charge in [0.15, 0.2) is 5.69 Å². The van der Waals surface area contributed by atoms with Gasteiger partial charge in [0, 0.05) is 12.1 Å². The van der Waals surface area contributed by atoms with Crippen LogP contribution in [0.15, 0.2) is 18.7 Å². The number of ether oxygens (including phenoxy) is 2. The minimum absolute atomic E-state index is 0.0891. The molecule has 16 heavy (non-hydrogen) atoms. The lowest BCUT2D eigenvalue weighted by molar-refractivity contribution is -0.385. The van der Waals surface area contributed by atoms with E-state index in [0.29, 0.717) is 6.61 Å². The summed E-state index contributed by atoms with van der Waals surface area (Å²) < 4.78 is 9.99. The van der Waals surface area contributed by atoms with Crippen molar-refractivity contribution in [1.29, 1.82) is 0 Å². The van der Waals surface area contributed by atoms with Gasteiger partial charge in [0.05, 0.1) is 18.6 Å². The molecule has 1 rings (SSSR count). The normalized spacial score (nSPS) is 9.62. The summed E-state index contributed by atoms with van der Waals surface area (Å²) >= 11 is 0. The molecule has 0 saturated carbocycles. The van der Waals surface area contributed by atoms with Crippen LogP contribution in [0.3, 0.4) is 0 Å². The molecule has 1 heterocycles. The van der Waals surface area contributed by atoms with E-state index in [4.69, 9.17) is 9.47 Å². The summed E-state index contributed by atoms with van der Waals surface area (Å²) in [6, 6.07) is 2.73. The Morgan fingerprint density at radius 3 is 2.81 bits per heavy atom. The number of pyridine rings is 1. The SMILES string of the molecule is C=C(OCC)c1nc(OC)ccc1[N+](=O)[O-]. The van der Waals surface area contributed by atoms with Gasteiger partial charge in [-0.25, -0.2) is 4.98 Å². The molecule has 0 radical (unpaired) electrons. The Morgan fingerprint density at radius 1 is 1.62 bits per heavy atom. The fourth-order valence-corrected chi connectivity index (χ4v) is 1.14. The van der Waals surface area contributed by atoms with E-state index in [-0.39, 0.29) is 23.0 Å². The Hall–Kier alpha value is -2.11. The molecule has 0 unspecified atom stereocenters. The second-order valence-corrected chi connectivity index (χ2v) is 2.83. The van der Waals surface area contributed by atoms with E-state index in [0.717, 1.165) is 0 Å². The van der Waals surface area contributed by atoms with Crippen LogP contribution in [0.1, 0.15) is 12.6 Å². The van der Waals surface area contributed by atoms with Crippen LogP contribution >= 0.6 is 0 Å². The highest BCUT2D eigenvalue weighted by Crippen LogP contribution is 2.26. The van der Waals surface area contributed by atoms with Crippen molar-refractivity contribution in [2.45, 2.75) is 6.92 Å². The first-order chi connectivity index (χ1) is 7.60. The smallest absolute Gasteiger partial charge is 0.298 e. The average molecular weight is 224 g/mol. The van der Waals surface area contributed by atoms with Gasteiger partial charge >= 0.3 is 0 Å². The highest BCUT2D eigenvalue weighted by molar-refractivity contribution is 5.63. The van der Waals surface area contributed by atoms with Gasteiger partial charge in [0.2, 0.25) is 5.88 Å². The van der Waals surface area contributed by atoms with E-state index in [1.165, 1.54) is 19.2 Å². The topological polar surface area (TPSA) is 74.5 Å². The first-order valence-electron chi connectivity index (χ1n) is 4.61. The maximum absolute atomic E-state index is 10.8. The van der Waals surface area contributed by atoms with Crippen molar-refractivity contribution in [3.8, 4) is 5.88 Å². The van der Waals surface area contributed by atoms with Gasteiger partial charge in [0.25, 0.3) is 5.69 Å². The molecule has 0 atom stereocenters. The van der Waals surface area contributed by atoms with Crippen LogP contribution in [0.2, 0.25) is 0 Å². The minimum atomic E-state index is -0.536. The van der Waals surface area contributed by atoms with Gasteiger partial charge in [-0.15, -0.1) is 0 Å². The van der Waals surface area contributed by atoms with Crippen LogP contribution in [-0.2, 0) is 4.74 Å². The number of aromatic nitrogens is 1. The maximum Gasteiger partial charge on any atom is 0.298 e. The van der Waals surface area contributed by atoms with Crippen LogP contribution in [0, 0.1) is 10.1 Å². The summed E-state index contributed by atoms with van der Waals surface area (Å²) in [4.78, 5) is 14.2. The summed E-state index contributed by atoms with van der Waals surface area (Å²) in [7, 11) is 1.43. The second kappa shape index (κ2) is 5.11. The van der Waals surface area contributed by atoms with E-state index in [1.54, 1.807) is 6.92 Å². The molecule has 0 aliphatic carbocycles.